The van der Waals surface area contributed by atoms with Gasteiger partial charge in [-0.3, -0.25) is 0 Å². The maximum absolute atomic E-state index is 11.6. The molecule has 0 unspecified atom stereocenters. The van der Waals surface area contributed by atoms with Crippen molar-refractivity contribution in [3.05, 3.63) is 23.5 Å². The number of pyridine rings is 1. The highest BCUT2D eigenvalue weighted by Gasteiger charge is 2.23. The fraction of sp³-hybridized carbons (Fsp3) is 0.462. The van der Waals surface area contributed by atoms with Crippen LogP contribution in [0.5, 0.6) is 0 Å². The second-order valence-electron chi connectivity index (χ2n) is 4.23. The molecule has 1 aromatic heterocycles. The predicted molar refractivity (Wildman–Crippen MR) is 70.6 cm³/mol. The van der Waals surface area contributed by atoms with Crippen molar-refractivity contribution < 1.29 is 9.53 Å². The smallest absolute Gasteiger partial charge is 0.357 e. The highest BCUT2D eigenvalue weighted by atomic mass is 32.2. The molecule has 1 aromatic rings. The fourth-order valence-electron chi connectivity index (χ4n) is 1.37. The summed E-state index contributed by atoms with van der Waals surface area (Å²) < 4.78 is 4.70. The van der Waals surface area contributed by atoms with Crippen LogP contribution < -0.4 is 0 Å². The van der Waals surface area contributed by atoms with Crippen molar-refractivity contribution in [2.24, 2.45) is 0 Å². The molecule has 1 heterocycles. The lowest BCUT2D eigenvalue weighted by molar-refractivity contribution is 0.0589. The minimum atomic E-state index is -0.620. The molecule has 0 spiro atoms. The molecule has 5 heteroatoms. The number of carbonyl (C=O) groups excluding carboxylic acids is 1. The number of ether oxygens (including phenoxy) is 1. The minimum Gasteiger partial charge on any atom is -0.464 e. The lowest BCUT2D eigenvalue weighted by atomic mass is 9.87. The molecule has 0 saturated carbocycles. The molecule has 4 nitrogen and oxygen atoms in total. The van der Waals surface area contributed by atoms with E-state index in [0.717, 1.165) is 16.2 Å². The highest BCUT2D eigenvalue weighted by Crippen LogP contribution is 2.28. The van der Waals surface area contributed by atoms with Gasteiger partial charge in [-0.15, -0.1) is 11.8 Å². The Labute approximate surface area is 111 Å². The van der Waals surface area contributed by atoms with Crippen LogP contribution >= 0.6 is 11.8 Å². The van der Waals surface area contributed by atoms with Crippen LogP contribution in [0.25, 0.3) is 0 Å². The monoisotopic (exact) mass is 264 g/mol. The average Bonchev–Trinajstić information content (AvgIpc) is 2.38. The van der Waals surface area contributed by atoms with E-state index in [0.29, 0.717) is 5.69 Å². The lowest BCUT2D eigenvalue weighted by Gasteiger charge is -2.17. The van der Waals surface area contributed by atoms with Gasteiger partial charge in [-0.25, -0.2) is 9.78 Å². The topological polar surface area (TPSA) is 63.0 Å². The Bertz CT molecular complexity index is 492. The summed E-state index contributed by atoms with van der Waals surface area (Å²) in [5.74, 6) is 0.370. The number of thioether (sulfide) groups is 1. The van der Waals surface area contributed by atoms with Crippen LogP contribution in [0.1, 0.15) is 36.8 Å². The second kappa shape index (κ2) is 5.87. The first-order valence-electron chi connectivity index (χ1n) is 5.59. The molecule has 0 N–H and O–H groups in total. The molecule has 0 saturated heterocycles. The van der Waals surface area contributed by atoms with Gasteiger partial charge in [0.1, 0.15) is 0 Å². The Morgan fingerprint density at radius 3 is 2.78 bits per heavy atom. The third-order valence-corrected chi connectivity index (χ3v) is 3.44. The van der Waals surface area contributed by atoms with Crippen LogP contribution in [-0.4, -0.2) is 23.8 Å². The summed E-state index contributed by atoms with van der Waals surface area (Å²) in [5, 5.41) is 9.12. The normalized spacial score (nSPS) is 10.8. The zero-order chi connectivity index (χ0) is 13.8. The number of esters is 1. The summed E-state index contributed by atoms with van der Waals surface area (Å²) in [5.41, 5.74) is 0.487. The SMILES string of the molecule is CCSc1cc(C(C)(C)C#N)cnc1C(=O)OC. The van der Waals surface area contributed by atoms with E-state index in [2.05, 4.69) is 11.1 Å². The van der Waals surface area contributed by atoms with E-state index in [1.165, 1.54) is 18.9 Å². The van der Waals surface area contributed by atoms with Gasteiger partial charge in [0, 0.05) is 11.1 Å². The van der Waals surface area contributed by atoms with Gasteiger partial charge < -0.3 is 4.74 Å². The van der Waals surface area contributed by atoms with Crippen molar-refractivity contribution in [1.29, 1.82) is 5.26 Å². The Hall–Kier alpha value is -1.54. The largest absolute Gasteiger partial charge is 0.464 e. The van der Waals surface area contributed by atoms with Crippen molar-refractivity contribution in [2.45, 2.75) is 31.1 Å². The van der Waals surface area contributed by atoms with Crippen LogP contribution in [0, 0.1) is 11.3 Å². The van der Waals surface area contributed by atoms with Crippen LogP contribution in [0.3, 0.4) is 0 Å². The molecule has 0 amide bonds. The van der Waals surface area contributed by atoms with E-state index < -0.39 is 11.4 Å². The molecule has 0 aromatic carbocycles. The van der Waals surface area contributed by atoms with E-state index in [4.69, 9.17) is 10.00 Å². The summed E-state index contributed by atoms with van der Waals surface area (Å²) in [7, 11) is 1.33. The number of nitrogens with zero attached hydrogens (tertiary/aromatic N) is 2. The number of nitriles is 1. The Balaban J connectivity index is 3.28. The van der Waals surface area contributed by atoms with Gasteiger partial charge in [0.25, 0.3) is 0 Å². The molecule has 0 bridgehead atoms. The number of aromatic nitrogens is 1. The maximum Gasteiger partial charge on any atom is 0.357 e. The quantitative estimate of drug-likeness (QED) is 0.618. The number of methoxy groups -OCH3 is 1. The number of rotatable bonds is 4. The van der Waals surface area contributed by atoms with E-state index in [1.54, 1.807) is 6.20 Å². The van der Waals surface area contributed by atoms with Crippen molar-refractivity contribution in [3.8, 4) is 6.07 Å². The van der Waals surface area contributed by atoms with Crippen molar-refractivity contribution in [3.63, 3.8) is 0 Å². The van der Waals surface area contributed by atoms with Crippen LogP contribution in [-0.2, 0) is 10.2 Å². The zero-order valence-electron chi connectivity index (χ0n) is 11.0. The van der Waals surface area contributed by atoms with Gasteiger partial charge in [-0.2, -0.15) is 5.26 Å². The first-order valence-corrected chi connectivity index (χ1v) is 6.57. The molecule has 96 valence electrons. The van der Waals surface area contributed by atoms with Crippen LogP contribution in [0.4, 0.5) is 0 Å². The molecule has 0 aliphatic rings. The molecule has 0 aliphatic heterocycles. The lowest BCUT2D eigenvalue weighted by Crippen LogP contribution is -2.16. The molecule has 0 fully saturated rings. The second-order valence-corrected chi connectivity index (χ2v) is 5.54. The Morgan fingerprint density at radius 2 is 2.28 bits per heavy atom. The molecular formula is C13H16N2O2S. The first kappa shape index (κ1) is 14.5. The first-order chi connectivity index (χ1) is 8.46. The summed E-state index contributed by atoms with van der Waals surface area (Å²) in [4.78, 5) is 16.5. The van der Waals surface area contributed by atoms with Gasteiger partial charge in [-0.05, 0) is 31.2 Å². The van der Waals surface area contributed by atoms with Gasteiger partial charge >= 0.3 is 5.97 Å². The van der Waals surface area contributed by atoms with Gasteiger partial charge in [0.05, 0.1) is 18.6 Å². The number of hydrogen-bond acceptors (Lipinski definition) is 5. The van der Waals surface area contributed by atoms with Crippen LogP contribution in [0.2, 0.25) is 0 Å². The predicted octanol–water partition coefficient (Wildman–Crippen LogP) is 2.78. The zero-order valence-corrected chi connectivity index (χ0v) is 11.8. The maximum atomic E-state index is 11.6. The standard InChI is InChI=1S/C13H16N2O2S/c1-5-18-10-6-9(13(2,3)8-14)7-15-11(10)12(16)17-4/h6-7H,5H2,1-4H3. The molecule has 0 aliphatic carbocycles. The third-order valence-electron chi connectivity index (χ3n) is 2.53. The van der Waals surface area contributed by atoms with E-state index >= 15 is 0 Å². The molecule has 0 atom stereocenters. The third kappa shape index (κ3) is 3.02. The molecule has 0 radical (unpaired) electrons. The average molecular weight is 264 g/mol. The van der Waals surface area contributed by atoms with Gasteiger partial charge in [0.15, 0.2) is 5.69 Å². The van der Waals surface area contributed by atoms with E-state index in [-0.39, 0.29) is 0 Å². The van der Waals surface area contributed by atoms with Crippen molar-refractivity contribution in [1.82, 2.24) is 4.98 Å². The summed E-state index contributed by atoms with van der Waals surface area (Å²) in [6, 6.07) is 4.07. The minimum absolute atomic E-state index is 0.307. The van der Waals surface area contributed by atoms with Crippen LogP contribution in [0.15, 0.2) is 17.2 Å². The number of hydrogen-bond donors (Lipinski definition) is 0. The van der Waals surface area contributed by atoms with Gasteiger partial charge in [-0.1, -0.05) is 6.92 Å². The summed E-state index contributed by atoms with van der Waals surface area (Å²) in [6.07, 6.45) is 1.56. The summed E-state index contributed by atoms with van der Waals surface area (Å²) in [6.45, 7) is 5.64. The fourth-order valence-corrected chi connectivity index (χ4v) is 2.16. The van der Waals surface area contributed by atoms with E-state index in [1.807, 2.05) is 26.8 Å². The van der Waals surface area contributed by atoms with Crippen molar-refractivity contribution >= 4 is 17.7 Å². The highest BCUT2D eigenvalue weighted by molar-refractivity contribution is 7.99. The molecule has 1 rings (SSSR count). The van der Waals surface area contributed by atoms with Gasteiger partial charge in [0.2, 0.25) is 0 Å². The Morgan fingerprint density at radius 1 is 1.61 bits per heavy atom. The molecule has 18 heavy (non-hydrogen) atoms. The van der Waals surface area contributed by atoms with Crippen molar-refractivity contribution in [2.75, 3.05) is 12.9 Å². The summed E-state index contributed by atoms with van der Waals surface area (Å²) >= 11 is 1.51. The molecular weight excluding hydrogens is 248 g/mol. The Kier molecular flexibility index (Phi) is 4.74. The van der Waals surface area contributed by atoms with E-state index in [9.17, 15) is 4.79 Å². The number of carbonyl (C=O) groups is 1.